The van der Waals surface area contributed by atoms with E-state index in [2.05, 4.69) is 31.4 Å². The fourth-order valence-electron chi connectivity index (χ4n) is 1.49. The van der Waals surface area contributed by atoms with Crippen LogP contribution in [-0.2, 0) is 9.59 Å². The molecule has 21 heavy (non-hydrogen) atoms. The lowest BCUT2D eigenvalue weighted by atomic mass is 10.2. The zero-order chi connectivity index (χ0) is 15.4. The molecule has 1 aliphatic rings. The molecule has 2 rings (SSSR count). The normalized spacial score (nSPS) is 20.2. The quantitative estimate of drug-likeness (QED) is 0.610. The second-order valence-electron chi connectivity index (χ2n) is 4.01. The van der Waals surface area contributed by atoms with Crippen LogP contribution >= 0.6 is 39.3 Å². The summed E-state index contributed by atoms with van der Waals surface area (Å²) in [7, 11) is 0. The number of carboxylic acids is 1. The number of carboxylic acid groups (broad SMARTS) is 1. The summed E-state index contributed by atoms with van der Waals surface area (Å²) in [6, 6.07) is 5.31. The van der Waals surface area contributed by atoms with Crippen LogP contribution in [0.4, 0.5) is 0 Å². The lowest BCUT2D eigenvalue weighted by Crippen LogP contribution is -2.26. The molecule has 0 bridgehead atoms. The number of halogens is 2. The Morgan fingerprint density at radius 2 is 2.33 bits per heavy atom. The number of nitrogens with zero attached hydrogens (tertiary/aromatic N) is 2. The highest BCUT2D eigenvalue weighted by molar-refractivity contribution is 9.10. The highest BCUT2D eigenvalue weighted by Crippen LogP contribution is 2.23. The van der Waals surface area contributed by atoms with Gasteiger partial charge in [0.25, 0.3) is 0 Å². The predicted molar refractivity (Wildman–Crippen MR) is 86.0 cm³/mol. The number of rotatable bonds is 4. The molecule has 1 saturated heterocycles. The molecule has 1 aliphatic heterocycles. The van der Waals surface area contributed by atoms with Crippen LogP contribution in [0.15, 0.2) is 32.9 Å². The van der Waals surface area contributed by atoms with Crippen molar-refractivity contribution in [3.05, 3.63) is 33.3 Å². The van der Waals surface area contributed by atoms with Gasteiger partial charge in [0.05, 0.1) is 17.7 Å². The minimum atomic E-state index is -1.03. The summed E-state index contributed by atoms with van der Waals surface area (Å²) in [5.74, 6) is -1.41. The number of benzene rings is 1. The van der Waals surface area contributed by atoms with Crippen molar-refractivity contribution in [1.82, 2.24) is 5.32 Å². The van der Waals surface area contributed by atoms with Crippen LogP contribution in [0.1, 0.15) is 12.0 Å². The van der Waals surface area contributed by atoms with Crippen LogP contribution < -0.4 is 5.32 Å². The second-order valence-corrected chi connectivity index (χ2v) is 6.52. The van der Waals surface area contributed by atoms with Crippen molar-refractivity contribution in [2.75, 3.05) is 0 Å². The summed E-state index contributed by atoms with van der Waals surface area (Å²) in [4.78, 5) is 22.1. The molecule has 0 aliphatic carbocycles. The Bertz CT molecular complexity index is 651. The molecule has 0 saturated carbocycles. The summed E-state index contributed by atoms with van der Waals surface area (Å²) in [6.07, 6.45) is 1.21. The Balaban J connectivity index is 2.03. The van der Waals surface area contributed by atoms with Crippen LogP contribution in [0.2, 0.25) is 5.02 Å². The van der Waals surface area contributed by atoms with Gasteiger partial charge in [-0.15, -0.1) is 5.10 Å². The van der Waals surface area contributed by atoms with Crippen molar-refractivity contribution in [3.8, 4) is 0 Å². The summed E-state index contributed by atoms with van der Waals surface area (Å²) in [6.45, 7) is 0. The molecule has 2 N–H and O–H groups in total. The number of thioether (sulfide) groups is 1. The topological polar surface area (TPSA) is 91.1 Å². The first-order chi connectivity index (χ1) is 9.95. The number of hydrogen-bond donors (Lipinski definition) is 2. The third-order valence-electron chi connectivity index (χ3n) is 2.44. The third kappa shape index (κ3) is 4.55. The zero-order valence-electron chi connectivity index (χ0n) is 10.4. The maximum absolute atomic E-state index is 11.5. The van der Waals surface area contributed by atoms with Crippen LogP contribution in [0.3, 0.4) is 0 Å². The molecule has 1 aromatic rings. The van der Waals surface area contributed by atoms with Gasteiger partial charge in [-0.1, -0.05) is 45.4 Å². The Labute approximate surface area is 137 Å². The Kier molecular flexibility index (Phi) is 5.38. The average Bonchev–Trinajstić information content (AvgIpc) is 2.72. The molecule has 9 heteroatoms. The number of amidine groups is 1. The largest absolute Gasteiger partial charge is 0.481 e. The summed E-state index contributed by atoms with van der Waals surface area (Å²) < 4.78 is 0.853. The SMILES string of the molecule is O=C(O)CC1SC(=NN=Cc2ccc(Br)cc2Cl)NC1=O. The van der Waals surface area contributed by atoms with Crippen LogP contribution in [-0.4, -0.2) is 33.6 Å². The molecule has 1 aromatic carbocycles. The van der Waals surface area contributed by atoms with E-state index >= 15 is 0 Å². The minimum Gasteiger partial charge on any atom is -0.481 e. The zero-order valence-corrected chi connectivity index (χ0v) is 13.6. The van der Waals surface area contributed by atoms with Gasteiger partial charge in [0.15, 0.2) is 5.17 Å². The molecule has 0 spiro atoms. The van der Waals surface area contributed by atoms with E-state index in [1.54, 1.807) is 12.1 Å². The van der Waals surface area contributed by atoms with Gasteiger partial charge in [0.1, 0.15) is 5.25 Å². The van der Waals surface area contributed by atoms with Gasteiger partial charge in [0.2, 0.25) is 5.91 Å². The van der Waals surface area contributed by atoms with Crippen LogP contribution in [0, 0.1) is 0 Å². The maximum atomic E-state index is 11.5. The van der Waals surface area contributed by atoms with Gasteiger partial charge in [-0.05, 0) is 12.1 Å². The number of amides is 1. The minimum absolute atomic E-state index is 0.252. The molecular weight excluding hydrogens is 382 g/mol. The molecule has 6 nitrogen and oxygen atoms in total. The number of carbonyl (C=O) groups excluding carboxylic acids is 1. The highest BCUT2D eigenvalue weighted by Gasteiger charge is 2.32. The highest BCUT2D eigenvalue weighted by atomic mass is 79.9. The Morgan fingerprint density at radius 1 is 1.57 bits per heavy atom. The third-order valence-corrected chi connectivity index (χ3v) is 4.34. The summed E-state index contributed by atoms with van der Waals surface area (Å²) in [5, 5.41) is 19.0. The van der Waals surface area contributed by atoms with Crippen LogP contribution in [0.5, 0.6) is 0 Å². The second kappa shape index (κ2) is 7.06. The number of carbonyl (C=O) groups is 2. The average molecular weight is 391 g/mol. The smallest absolute Gasteiger partial charge is 0.305 e. The molecule has 1 atom stereocenters. The van der Waals surface area contributed by atoms with Gasteiger partial charge in [-0.3, -0.25) is 9.59 Å². The van der Waals surface area contributed by atoms with E-state index in [9.17, 15) is 9.59 Å². The fraction of sp³-hybridized carbons (Fsp3) is 0.167. The van der Waals surface area contributed by atoms with Gasteiger partial charge in [-0.2, -0.15) is 5.10 Å². The summed E-state index contributed by atoms with van der Waals surface area (Å²) >= 11 is 10.4. The van der Waals surface area contributed by atoms with Crippen molar-refractivity contribution >= 4 is 62.6 Å². The predicted octanol–water partition coefficient (Wildman–Crippen LogP) is 2.50. The van der Waals surface area contributed by atoms with Gasteiger partial charge >= 0.3 is 5.97 Å². The number of nitrogens with one attached hydrogen (secondary N) is 1. The van der Waals surface area contributed by atoms with Gasteiger partial charge in [-0.25, -0.2) is 0 Å². The van der Waals surface area contributed by atoms with Crippen molar-refractivity contribution in [2.45, 2.75) is 11.7 Å². The first-order valence-corrected chi connectivity index (χ1v) is 7.76. The molecule has 1 unspecified atom stereocenters. The first kappa shape index (κ1) is 16.0. The van der Waals surface area contributed by atoms with E-state index in [0.717, 1.165) is 16.2 Å². The lowest BCUT2D eigenvalue weighted by molar-refractivity contribution is -0.138. The van der Waals surface area contributed by atoms with Gasteiger partial charge in [0, 0.05) is 10.0 Å². The van der Waals surface area contributed by atoms with E-state index < -0.39 is 11.2 Å². The van der Waals surface area contributed by atoms with E-state index in [-0.39, 0.29) is 17.5 Å². The van der Waals surface area contributed by atoms with E-state index in [4.69, 9.17) is 16.7 Å². The van der Waals surface area contributed by atoms with Crippen molar-refractivity contribution < 1.29 is 14.7 Å². The number of aliphatic carboxylic acids is 1. The van der Waals surface area contributed by atoms with E-state index in [1.807, 2.05) is 6.07 Å². The first-order valence-electron chi connectivity index (χ1n) is 5.71. The molecule has 0 radical (unpaired) electrons. The molecule has 1 fully saturated rings. The number of hydrogen-bond acceptors (Lipinski definition) is 5. The monoisotopic (exact) mass is 389 g/mol. The standard InChI is InChI=1S/C12H9BrClN3O3S/c13-7-2-1-6(8(14)3-7)5-15-17-12-16-11(20)9(21-12)4-10(18)19/h1-3,5,9H,4H2,(H,18,19)(H,16,17,20). The van der Waals surface area contributed by atoms with Crippen molar-refractivity contribution in [1.29, 1.82) is 0 Å². The van der Waals surface area contributed by atoms with Crippen LogP contribution in [0.25, 0.3) is 0 Å². The van der Waals surface area contributed by atoms with E-state index in [0.29, 0.717) is 10.6 Å². The lowest BCUT2D eigenvalue weighted by Gasteiger charge is -1.98. The van der Waals surface area contributed by atoms with Crippen molar-refractivity contribution in [3.63, 3.8) is 0 Å². The Hall–Kier alpha value is -1.38. The Morgan fingerprint density at radius 3 is 3.00 bits per heavy atom. The summed E-state index contributed by atoms with van der Waals surface area (Å²) in [5.41, 5.74) is 0.681. The molecule has 1 heterocycles. The van der Waals surface area contributed by atoms with Crippen molar-refractivity contribution in [2.24, 2.45) is 10.2 Å². The molecule has 0 aromatic heterocycles. The fourth-order valence-corrected chi connectivity index (χ4v) is 3.13. The molecular formula is C12H9BrClN3O3S. The van der Waals surface area contributed by atoms with Gasteiger partial charge < -0.3 is 10.4 Å². The van der Waals surface area contributed by atoms with E-state index in [1.165, 1.54) is 6.21 Å². The molecule has 110 valence electrons. The maximum Gasteiger partial charge on any atom is 0.305 e. The molecule has 1 amide bonds.